The monoisotopic (exact) mass is 236 g/mol. The smallest absolute Gasteiger partial charge is 0.0836 e. The van der Waals surface area contributed by atoms with E-state index in [0.29, 0.717) is 12.8 Å². The van der Waals surface area contributed by atoms with E-state index in [1.165, 1.54) is 25.3 Å². The maximum Gasteiger partial charge on any atom is 0.0836 e. The Morgan fingerprint density at radius 1 is 1.06 bits per heavy atom. The number of hydrogen-bond donors (Lipinski definition) is 2. The van der Waals surface area contributed by atoms with E-state index in [1.807, 2.05) is 6.08 Å². The van der Waals surface area contributed by atoms with Crippen LogP contribution in [0.1, 0.15) is 45.4 Å². The lowest BCUT2D eigenvalue weighted by Crippen LogP contribution is -2.24. The van der Waals surface area contributed by atoms with Crippen LogP contribution in [0.2, 0.25) is 0 Å². The van der Waals surface area contributed by atoms with E-state index in [-0.39, 0.29) is 0 Å². The SMILES string of the molecule is C#CC=CCC(O)C(O)CC=CCCCCC. The predicted octanol–water partition coefficient (Wildman–Crippen LogP) is 2.81. The van der Waals surface area contributed by atoms with Crippen LogP contribution in [-0.4, -0.2) is 22.4 Å². The van der Waals surface area contributed by atoms with E-state index >= 15 is 0 Å². The number of unbranched alkanes of at least 4 members (excludes halogenated alkanes) is 3. The van der Waals surface area contributed by atoms with Crippen molar-refractivity contribution >= 4 is 0 Å². The van der Waals surface area contributed by atoms with Gasteiger partial charge in [0.1, 0.15) is 0 Å². The van der Waals surface area contributed by atoms with Crippen molar-refractivity contribution in [2.45, 2.75) is 57.7 Å². The molecule has 2 unspecified atom stereocenters. The maximum atomic E-state index is 9.63. The normalized spacial score (nSPS) is 15.2. The van der Waals surface area contributed by atoms with Crippen LogP contribution in [0.4, 0.5) is 0 Å². The first kappa shape index (κ1) is 16.0. The third-order valence-electron chi connectivity index (χ3n) is 2.55. The van der Waals surface area contributed by atoms with Gasteiger partial charge in [0.2, 0.25) is 0 Å². The number of terminal acetylenes is 1. The molecule has 2 N–H and O–H groups in total. The summed E-state index contributed by atoms with van der Waals surface area (Å²) < 4.78 is 0. The molecule has 17 heavy (non-hydrogen) atoms. The topological polar surface area (TPSA) is 40.5 Å². The van der Waals surface area contributed by atoms with E-state index in [4.69, 9.17) is 6.42 Å². The minimum Gasteiger partial charge on any atom is -0.390 e. The Balaban J connectivity index is 3.66. The molecule has 0 saturated heterocycles. The van der Waals surface area contributed by atoms with E-state index in [9.17, 15) is 10.2 Å². The van der Waals surface area contributed by atoms with Crippen LogP contribution < -0.4 is 0 Å². The van der Waals surface area contributed by atoms with Crippen molar-refractivity contribution in [3.8, 4) is 12.3 Å². The third kappa shape index (κ3) is 9.86. The van der Waals surface area contributed by atoms with E-state index in [1.54, 1.807) is 6.08 Å². The van der Waals surface area contributed by atoms with Crippen LogP contribution in [0.15, 0.2) is 24.3 Å². The zero-order chi connectivity index (χ0) is 12.9. The second kappa shape index (κ2) is 11.4. The van der Waals surface area contributed by atoms with Crippen molar-refractivity contribution in [1.29, 1.82) is 0 Å². The molecule has 0 aliphatic rings. The summed E-state index contributed by atoms with van der Waals surface area (Å²) in [4.78, 5) is 0. The highest BCUT2D eigenvalue weighted by atomic mass is 16.3. The van der Waals surface area contributed by atoms with Crippen LogP contribution in [0, 0.1) is 12.3 Å². The van der Waals surface area contributed by atoms with Crippen molar-refractivity contribution < 1.29 is 10.2 Å². The molecule has 0 amide bonds. The summed E-state index contributed by atoms with van der Waals surface area (Å²) in [6, 6.07) is 0. The Morgan fingerprint density at radius 2 is 1.71 bits per heavy atom. The highest BCUT2D eigenvalue weighted by Gasteiger charge is 2.12. The summed E-state index contributed by atoms with van der Waals surface area (Å²) in [5.74, 6) is 2.35. The highest BCUT2D eigenvalue weighted by molar-refractivity contribution is 5.09. The van der Waals surface area contributed by atoms with Gasteiger partial charge in [-0.1, -0.05) is 43.9 Å². The fraction of sp³-hybridized carbons (Fsp3) is 0.600. The molecule has 0 spiro atoms. The van der Waals surface area contributed by atoms with Crippen molar-refractivity contribution in [2.24, 2.45) is 0 Å². The average molecular weight is 236 g/mol. The summed E-state index contributed by atoms with van der Waals surface area (Å²) in [6.07, 6.45) is 16.4. The summed E-state index contributed by atoms with van der Waals surface area (Å²) >= 11 is 0. The zero-order valence-electron chi connectivity index (χ0n) is 10.7. The Hall–Kier alpha value is -1.04. The van der Waals surface area contributed by atoms with Crippen molar-refractivity contribution in [1.82, 2.24) is 0 Å². The Morgan fingerprint density at radius 3 is 2.29 bits per heavy atom. The molecule has 2 nitrogen and oxygen atoms in total. The molecular weight excluding hydrogens is 212 g/mol. The fourth-order valence-corrected chi connectivity index (χ4v) is 1.46. The highest BCUT2D eigenvalue weighted by Crippen LogP contribution is 2.06. The Labute approximate surface area is 105 Å². The van der Waals surface area contributed by atoms with Gasteiger partial charge in [-0.25, -0.2) is 0 Å². The summed E-state index contributed by atoms with van der Waals surface area (Å²) in [7, 11) is 0. The van der Waals surface area contributed by atoms with Crippen LogP contribution in [-0.2, 0) is 0 Å². The second-order valence-corrected chi connectivity index (χ2v) is 4.14. The van der Waals surface area contributed by atoms with Crippen molar-refractivity contribution in [2.75, 3.05) is 0 Å². The molecule has 2 heteroatoms. The Bertz CT molecular complexity index is 261. The van der Waals surface area contributed by atoms with Crippen LogP contribution in [0.25, 0.3) is 0 Å². The largest absolute Gasteiger partial charge is 0.390 e. The lowest BCUT2D eigenvalue weighted by atomic mass is 10.1. The van der Waals surface area contributed by atoms with Gasteiger partial charge in [0, 0.05) is 0 Å². The number of allylic oxidation sites excluding steroid dienone is 2. The predicted molar refractivity (Wildman–Crippen MR) is 72.5 cm³/mol. The lowest BCUT2D eigenvalue weighted by molar-refractivity contribution is 0.0238. The zero-order valence-corrected chi connectivity index (χ0v) is 10.7. The molecule has 96 valence electrons. The molecule has 0 aliphatic carbocycles. The van der Waals surface area contributed by atoms with Gasteiger partial charge in [0.25, 0.3) is 0 Å². The van der Waals surface area contributed by atoms with Gasteiger partial charge < -0.3 is 10.2 Å². The first-order valence-electron chi connectivity index (χ1n) is 6.34. The molecular formula is C15H24O2. The number of hydrogen-bond acceptors (Lipinski definition) is 2. The van der Waals surface area contributed by atoms with Gasteiger partial charge in [-0.2, -0.15) is 0 Å². The average Bonchev–Trinajstić information content (AvgIpc) is 2.33. The van der Waals surface area contributed by atoms with Gasteiger partial charge in [0.15, 0.2) is 0 Å². The van der Waals surface area contributed by atoms with E-state index in [2.05, 4.69) is 18.9 Å². The molecule has 0 radical (unpaired) electrons. The van der Waals surface area contributed by atoms with Gasteiger partial charge in [-0.05, 0) is 31.8 Å². The molecule has 0 rings (SSSR count). The molecule has 2 atom stereocenters. The Kier molecular flexibility index (Phi) is 10.7. The standard InChI is InChI=1S/C15H24O2/c1-3-5-7-8-9-11-13-15(17)14(16)12-10-6-4-2/h2,6,9-11,14-17H,3,5,7-8,12-13H2,1H3. The van der Waals surface area contributed by atoms with Crippen molar-refractivity contribution in [3.63, 3.8) is 0 Å². The van der Waals surface area contributed by atoms with Gasteiger partial charge in [0.05, 0.1) is 12.2 Å². The van der Waals surface area contributed by atoms with Gasteiger partial charge in [-0.15, -0.1) is 6.42 Å². The summed E-state index contributed by atoms with van der Waals surface area (Å²) in [6.45, 7) is 2.17. The quantitative estimate of drug-likeness (QED) is 0.367. The first-order chi connectivity index (χ1) is 8.22. The van der Waals surface area contributed by atoms with Crippen molar-refractivity contribution in [3.05, 3.63) is 24.3 Å². The van der Waals surface area contributed by atoms with Crippen LogP contribution >= 0.6 is 0 Å². The van der Waals surface area contributed by atoms with E-state index < -0.39 is 12.2 Å². The maximum absolute atomic E-state index is 9.63. The summed E-state index contributed by atoms with van der Waals surface area (Å²) in [5.41, 5.74) is 0. The number of rotatable bonds is 9. The molecule has 0 bridgehead atoms. The van der Waals surface area contributed by atoms with Crippen LogP contribution in [0.5, 0.6) is 0 Å². The minimum atomic E-state index is -0.736. The van der Waals surface area contributed by atoms with Crippen LogP contribution in [0.3, 0.4) is 0 Å². The number of aliphatic hydroxyl groups excluding tert-OH is 2. The number of aliphatic hydroxyl groups is 2. The molecule has 0 aliphatic heterocycles. The van der Waals surface area contributed by atoms with Gasteiger partial charge in [-0.3, -0.25) is 0 Å². The molecule has 0 aromatic heterocycles. The lowest BCUT2D eigenvalue weighted by Gasteiger charge is -2.14. The van der Waals surface area contributed by atoms with E-state index in [0.717, 1.165) is 6.42 Å². The molecule has 0 aromatic carbocycles. The fourth-order valence-electron chi connectivity index (χ4n) is 1.46. The molecule has 0 fully saturated rings. The summed E-state index contributed by atoms with van der Waals surface area (Å²) in [5, 5.41) is 19.2. The first-order valence-corrected chi connectivity index (χ1v) is 6.34. The molecule has 0 heterocycles. The minimum absolute atomic E-state index is 0.398. The van der Waals surface area contributed by atoms with Gasteiger partial charge >= 0.3 is 0 Å². The third-order valence-corrected chi connectivity index (χ3v) is 2.55. The molecule has 0 saturated carbocycles. The molecule has 0 aromatic rings. The second-order valence-electron chi connectivity index (χ2n) is 4.14.